The molecule has 4 N–H and O–H groups in total. The zero-order valence-electron chi connectivity index (χ0n) is 13.6. The van der Waals surface area contributed by atoms with Crippen molar-refractivity contribution in [3.8, 4) is 0 Å². The molecule has 2 atom stereocenters. The van der Waals surface area contributed by atoms with E-state index in [0.29, 0.717) is 18.9 Å². The van der Waals surface area contributed by atoms with Crippen LogP contribution in [0, 0.1) is 11.8 Å². The third-order valence-electron chi connectivity index (χ3n) is 3.54. The lowest BCUT2D eigenvalue weighted by atomic mass is 9.94. The number of carbonyl (C=O) groups excluding carboxylic acids is 1. The highest BCUT2D eigenvalue weighted by atomic mass is 79.9. The number of nitrogens with two attached hydrogens (primary N) is 1. The molecule has 0 aliphatic carbocycles. The van der Waals surface area contributed by atoms with E-state index in [1.807, 2.05) is 38.1 Å². The number of hydrogen-bond donors (Lipinski definition) is 3. The lowest BCUT2D eigenvalue weighted by Gasteiger charge is -2.19. The third-order valence-corrected chi connectivity index (χ3v) is 4.07. The van der Waals surface area contributed by atoms with Crippen LogP contribution in [0.3, 0.4) is 0 Å². The number of aliphatic carboxylic acids is 1. The molecule has 1 aromatic carbocycles. The van der Waals surface area contributed by atoms with E-state index in [0.717, 1.165) is 16.5 Å². The molecule has 128 valence electrons. The highest BCUT2D eigenvalue weighted by molar-refractivity contribution is 9.10. The minimum Gasteiger partial charge on any atom is -0.481 e. The summed E-state index contributed by atoms with van der Waals surface area (Å²) in [7, 11) is 0. The van der Waals surface area contributed by atoms with Gasteiger partial charge in [0.15, 0.2) is 0 Å². The molecule has 0 aromatic heterocycles. The molecule has 1 rings (SSSR count). The summed E-state index contributed by atoms with van der Waals surface area (Å²) < 4.78 is 0.976. The van der Waals surface area contributed by atoms with Gasteiger partial charge in [0.2, 0.25) is 5.91 Å². The zero-order chi connectivity index (χ0) is 17.4. The van der Waals surface area contributed by atoms with E-state index in [1.54, 1.807) is 0 Å². The maximum atomic E-state index is 12.1. The summed E-state index contributed by atoms with van der Waals surface area (Å²) in [5.74, 6) is -0.778. The van der Waals surface area contributed by atoms with Crippen LogP contribution in [0.25, 0.3) is 0 Å². The molecular weight excluding hydrogens is 360 g/mol. The van der Waals surface area contributed by atoms with Gasteiger partial charge in [0.1, 0.15) is 0 Å². The van der Waals surface area contributed by atoms with E-state index in [-0.39, 0.29) is 18.2 Å². The van der Waals surface area contributed by atoms with Gasteiger partial charge >= 0.3 is 5.97 Å². The predicted octanol–water partition coefficient (Wildman–Crippen LogP) is 2.57. The molecule has 0 saturated carbocycles. The number of carboxylic acids is 1. The van der Waals surface area contributed by atoms with E-state index in [2.05, 4.69) is 21.2 Å². The summed E-state index contributed by atoms with van der Waals surface area (Å²) in [6, 6.07) is 7.02. The Kier molecular flexibility index (Phi) is 8.26. The fourth-order valence-corrected chi connectivity index (χ4v) is 2.76. The number of carbonyl (C=O) groups is 2. The molecule has 0 aliphatic rings. The summed E-state index contributed by atoms with van der Waals surface area (Å²) >= 11 is 3.36. The molecule has 6 heteroatoms. The minimum atomic E-state index is -0.843. The third kappa shape index (κ3) is 8.13. The van der Waals surface area contributed by atoms with Gasteiger partial charge in [-0.2, -0.15) is 0 Å². The van der Waals surface area contributed by atoms with Crippen molar-refractivity contribution in [2.75, 3.05) is 6.54 Å². The molecular formula is C17H25BrN2O3. The number of rotatable bonds is 9. The van der Waals surface area contributed by atoms with E-state index in [4.69, 9.17) is 10.8 Å². The first kappa shape index (κ1) is 19.6. The van der Waals surface area contributed by atoms with Gasteiger partial charge < -0.3 is 16.2 Å². The van der Waals surface area contributed by atoms with Gasteiger partial charge in [-0.1, -0.05) is 41.9 Å². The number of carboxylic acid groups (broad SMARTS) is 1. The first-order valence-electron chi connectivity index (χ1n) is 7.77. The van der Waals surface area contributed by atoms with Crippen LogP contribution in [0.1, 0.15) is 32.3 Å². The largest absolute Gasteiger partial charge is 0.481 e. The Morgan fingerprint density at radius 2 is 1.87 bits per heavy atom. The molecule has 1 amide bonds. The fourth-order valence-electron chi connectivity index (χ4n) is 2.50. The Morgan fingerprint density at radius 1 is 1.26 bits per heavy atom. The van der Waals surface area contributed by atoms with E-state index in [9.17, 15) is 9.59 Å². The lowest BCUT2D eigenvalue weighted by molar-refractivity contribution is -0.138. The quantitative estimate of drug-likeness (QED) is 0.609. The minimum absolute atomic E-state index is 0.0560. The van der Waals surface area contributed by atoms with Gasteiger partial charge in [0.25, 0.3) is 0 Å². The van der Waals surface area contributed by atoms with Crippen molar-refractivity contribution in [1.29, 1.82) is 0 Å². The molecule has 1 aromatic rings. The van der Waals surface area contributed by atoms with Crippen LogP contribution in [-0.4, -0.2) is 29.6 Å². The molecule has 0 heterocycles. The lowest BCUT2D eigenvalue weighted by Crippen LogP contribution is -2.44. The smallest absolute Gasteiger partial charge is 0.303 e. The van der Waals surface area contributed by atoms with Gasteiger partial charge in [-0.05, 0) is 42.4 Å². The molecule has 0 fully saturated rings. The second kappa shape index (κ2) is 9.67. The summed E-state index contributed by atoms with van der Waals surface area (Å²) in [5.41, 5.74) is 6.92. The summed E-state index contributed by atoms with van der Waals surface area (Å²) in [4.78, 5) is 23.0. The molecule has 5 nitrogen and oxygen atoms in total. The first-order valence-corrected chi connectivity index (χ1v) is 8.56. The van der Waals surface area contributed by atoms with Gasteiger partial charge in [0, 0.05) is 17.4 Å². The fraction of sp³-hybridized carbons (Fsp3) is 0.529. The average molecular weight is 385 g/mol. The molecule has 0 aliphatic heterocycles. The van der Waals surface area contributed by atoms with Crippen LogP contribution < -0.4 is 11.1 Å². The molecule has 0 unspecified atom stereocenters. The number of amides is 1. The Hall–Kier alpha value is -1.40. The van der Waals surface area contributed by atoms with Crippen molar-refractivity contribution in [2.24, 2.45) is 17.6 Å². The second-order valence-corrected chi connectivity index (χ2v) is 7.19. The van der Waals surface area contributed by atoms with Crippen molar-refractivity contribution in [1.82, 2.24) is 5.32 Å². The van der Waals surface area contributed by atoms with Crippen molar-refractivity contribution in [3.05, 3.63) is 34.3 Å². The maximum absolute atomic E-state index is 12.1. The van der Waals surface area contributed by atoms with E-state index >= 15 is 0 Å². The Balaban J connectivity index is 2.49. The van der Waals surface area contributed by atoms with Crippen molar-refractivity contribution in [3.63, 3.8) is 0 Å². The summed E-state index contributed by atoms with van der Waals surface area (Å²) in [6.07, 6.45) is 1.27. The highest BCUT2D eigenvalue weighted by Crippen LogP contribution is 2.15. The summed E-state index contributed by atoms with van der Waals surface area (Å²) in [5, 5.41) is 11.7. The van der Waals surface area contributed by atoms with Gasteiger partial charge in [-0.25, -0.2) is 0 Å². The Morgan fingerprint density at radius 3 is 2.39 bits per heavy atom. The first-order chi connectivity index (χ1) is 10.8. The normalized spacial score (nSPS) is 13.6. The zero-order valence-corrected chi connectivity index (χ0v) is 15.2. The number of benzene rings is 1. The highest BCUT2D eigenvalue weighted by Gasteiger charge is 2.19. The van der Waals surface area contributed by atoms with Crippen LogP contribution in [0.4, 0.5) is 0 Å². The van der Waals surface area contributed by atoms with Crippen LogP contribution in [-0.2, 0) is 16.0 Å². The SMILES string of the molecule is CC(C)C[C@H](CNC(=O)[C@H](N)Cc1ccc(Br)cc1)CC(=O)O. The standard InChI is InChI=1S/C17H25BrN2O3/c1-11(2)7-13(9-16(21)22)10-20-17(23)15(19)8-12-3-5-14(18)6-4-12/h3-6,11,13,15H,7-10,19H2,1-2H3,(H,20,23)(H,21,22)/t13-,15+/m0/s1. The Labute approximate surface area is 145 Å². The van der Waals surface area contributed by atoms with E-state index in [1.165, 1.54) is 0 Å². The number of halogens is 1. The number of nitrogens with one attached hydrogen (secondary N) is 1. The van der Waals surface area contributed by atoms with Gasteiger partial charge in [-0.3, -0.25) is 9.59 Å². The molecule has 0 radical (unpaired) electrons. The Bertz CT molecular complexity index is 517. The van der Waals surface area contributed by atoms with Crippen LogP contribution in [0.5, 0.6) is 0 Å². The average Bonchev–Trinajstić information content (AvgIpc) is 2.45. The molecule has 0 bridgehead atoms. The molecule has 0 spiro atoms. The van der Waals surface area contributed by atoms with Gasteiger partial charge in [-0.15, -0.1) is 0 Å². The van der Waals surface area contributed by atoms with Crippen LogP contribution >= 0.6 is 15.9 Å². The maximum Gasteiger partial charge on any atom is 0.303 e. The van der Waals surface area contributed by atoms with Crippen LogP contribution in [0.15, 0.2) is 28.7 Å². The topological polar surface area (TPSA) is 92.4 Å². The monoisotopic (exact) mass is 384 g/mol. The second-order valence-electron chi connectivity index (χ2n) is 6.28. The van der Waals surface area contributed by atoms with Crippen molar-refractivity contribution >= 4 is 27.8 Å². The van der Waals surface area contributed by atoms with E-state index < -0.39 is 12.0 Å². The summed E-state index contributed by atoms with van der Waals surface area (Å²) in [6.45, 7) is 4.42. The predicted molar refractivity (Wildman–Crippen MR) is 94.0 cm³/mol. The molecule has 23 heavy (non-hydrogen) atoms. The van der Waals surface area contributed by atoms with Crippen molar-refractivity contribution in [2.45, 2.75) is 39.2 Å². The van der Waals surface area contributed by atoms with Crippen molar-refractivity contribution < 1.29 is 14.7 Å². The molecule has 0 saturated heterocycles. The number of hydrogen-bond acceptors (Lipinski definition) is 3. The van der Waals surface area contributed by atoms with Gasteiger partial charge in [0.05, 0.1) is 6.04 Å². The van der Waals surface area contributed by atoms with Crippen LogP contribution in [0.2, 0.25) is 0 Å².